The van der Waals surface area contributed by atoms with Gasteiger partial charge in [0.05, 0.1) is 5.71 Å². The molecule has 0 spiro atoms. The van der Waals surface area contributed by atoms with E-state index in [0.717, 1.165) is 17.1 Å². The van der Waals surface area contributed by atoms with Crippen molar-refractivity contribution in [1.82, 2.24) is 10.3 Å². The first-order valence-electron chi connectivity index (χ1n) is 6.08. The molecule has 0 aliphatic heterocycles. The van der Waals surface area contributed by atoms with Crippen LogP contribution in [0.15, 0.2) is 47.8 Å². The van der Waals surface area contributed by atoms with Gasteiger partial charge in [0.1, 0.15) is 5.82 Å². The molecule has 0 aliphatic carbocycles. The minimum Gasteiger partial charge on any atom is -0.364 e. The predicted octanol–water partition coefficient (Wildman–Crippen LogP) is 3.06. The van der Waals surface area contributed by atoms with E-state index in [-0.39, 0.29) is 5.41 Å². The van der Waals surface area contributed by atoms with Crippen LogP contribution in [0.4, 0.5) is 0 Å². The minimum atomic E-state index is -0.0268. The van der Waals surface area contributed by atoms with E-state index in [0.29, 0.717) is 0 Å². The second-order valence-corrected chi connectivity index (χ2v) is 5.53. The summed E-state index contributed by atoms with van der Waals surface area (Å²) in [5, 5.41) is 4.51. The van der Waals surface area contributed by atoms with Gasteiger partial charge in [-0.25, -0.2) is 0 Å². The Morgan fingerprint density at radius 2 is 1.72 bits per heavy atom. The van der Waals surface area contributed by atoms with E-state index in [2.05, 4.69) is 50.0 Å². The van der Waals surface area contributed by atoms with Crippen molar-refractivity contribution in [2.45, 2.75) is 20.8 Å². The van der Waals surface area contributed by atoms with Gasteiger partial charge in [-0.15, -0.1) is 0 Å². The van der Waals surface area contributed by atoms with Crippen molar-refractivity contribution in [3.05, 3.63) is 48.3 Å². The van der Waals surface area contributed by atoms with Gasteiger partial charge in [-0.05, 0) is 5.56 Å². The van der Waals surface area contributed by atoms with Crippen LogP contribution in [0.1, 0.15) is 26.3 Å². The summed E-state index contributed by atoms with van der Waals surface area (Å²) in [5.74, 6) is 0.771. The summed E-state index contributed by atoms with van der Waals surface area (Å²) in [6, 6.07) is 10.2. The van der Waals surface area contributed by atoms with Gasteiger partial charge < -0.3 is 4.90 Å². The summed E-state index contributed by atoms with van der Waals surface area (Å²) in [4.78, 5) is 1.90. The van der Waals surface area contributed by atoms with Gasteiger partial charge in [0.2, 0.25) is 0 Å². The first kappa shape index (κ1) is 14.3. The Kier molecular flexibility index (Phi) is 4.54. The normalized spacial score (nSPS) is 12.2. The van der Waals surface area contributed by atoms with Crippen LogP contribution in [0.5, 0.6) is 0 Å². The lowest BCUT2D eigenvalue weighted by Crippen LogP contribution is -2.27. The topological polar surface area (TPSA) is 27.6 Å². The highest BCUT2D eigenvalue weighted by atomic mass is 15.4. The summed E-state index contributed by atoms with van der Waals surface area (Å²) >= 11 is 0. The van der Waals surface area contributed by atoms with Crippen molar-refractivity contribution >= 4 is 5.71 Å². The maximum Gasteiger partial charge on any atom is 0.114 e. The molecule has 0 amide bonds. The van der Waals surface area contributed by atoms with Crippen LogP contribution in [0.25, 0.3) is 0 Å². The van der Waals surface area contributed by atoms with Crippen LogP contribution in [-0.4, -0.2) is 24.7 Å². The summed E-state index contributed by atoms with van der Waals surface area (Å²) in [7, 11) is 3.87. The van der Waals surface area contributed by atoms with E-state index in [4.69, 9.17) is 0 Å². The minimum absolute atomic E-state index is 0.0268. The average molecular weight is 245 g/mol. The Labute approximate surface area is 110 Å². The molecule has 3 nitrogen and oxygen atoms in total. The third-order valence-electron chi connectivity index (χ3n) is 2.59. The Morgan fingerprint density at radius 1 is 1.17 bits per heavy atom. The Bertz CT molecular complexity index is 425. The molecule has 0 fully saturated rings. The molecule has 3 heteroatoms. The molecule has 0 atom stereocenters. The zero-order valence-electron chi connectivity index (χ0n) is 12.0. The molecule has 0 saturated heterocycles. The first-order chi connectivity index (χ1) is 8.32. The van der Waals surface area contributed by atoms with Crippen molar-refractivity contribution in [2.24, 2.45) is 10.5 Å². The van der Waals surface area contributed by atoms with Gasteiger partial charge in [-0.2, -0.15) is 5.10 Å². The molecule has 0 aliphatic rings. The van der Waals surface area contributed by atoms with Crippen molar-refractivity contribution in [1.29, 1.82) is 0 Å². The van der Waals surface area contributed by atoms with Crippen LogP contribution in [-0.2, 0) is 0 Å². The van der Waals surface area contributed by atoms with Gasteiger partial charge in [-0.1, -0.05) is 57.7 Å². The molecule has 0 saturated carbocycles. The van der Waals surface area contributed by atoms with E-state index in [1.165, 1.54) is 0 Å². The Balaban J connectivity index is 3.01. The highest BCUT2D eigenvalue weighted by Crippen LogP contribution is 2.21. The molecule has 1 aromatic carbocycles. The molecule has 18 heavy (non-hydrogen) atoms. The number of rotatable bonds is 4. The third-order valence-corrected chi connectivity index (χ3v) is 2.59. The fourth-order valence-electron chi connectivity index (χ4n) is 1.48. The van der Waals surface area contributed by atoms with Crippen LogP contribution in [0.2, 0.25) is 0 Å². The quantitative estimate of drug-likeness (QED) is 0.652. The van der Waals surface area contributed by atoms with Gasteiger partial charge in [-0.3, -0.25) is 5.43 Å². The van der Waals surface area contributed by atoms with Crippen LogP contribution in [0.3, 0.4) is 0 Å². The fourth-order valence-corrected chi connectivity index (χ4v) is 1.48. The number of nitrogens with zero attached hydrogens (tertiary/aromatic N) is 2. The number of nitrogens with one attached hydrogen (secondary N) is 1. The van der Waals surface area contributed by atoms with Crippen molar-refractivity contribution in [2.75, 3.05) is 14.1 Å². The highest BCUT2D eigenvalue weighted by molar-refractivity contribution is 6.03. The summed E-state index contributed by atoms with van der Waals surface area (Å²) in [5.41, 5.74) is 5.13. The smallest absolute Gasteiger partial charge is 0.114 e. The molecule has 1 rings (SSSR count). The molecule has 98 valence electrons. The molecule has 1 aromatic rings. The monoisotopic (exact) mass is 245 g/mol. The summed E-state index contributed by atoms with van der Waals surface area (Å²) < 4.78 is 0. The highest BCUT2D eigenvalue weighted by Gasteiger charge is 2.20. The molecule has 0 radical (unpaired) electrons. The number of hydrogen-bond donors (Lipinski definition) is 1. The second kappa shape index (κ2) is 5.71. The summed E-state index contributed by atoms with van der Waals surface area (Å²) in [6.45, 7) is 10.4. The van der Waals surface area contributed by atoms with Crippen LogP contribution in [0, 0.1) is 5.41 Å². The van der Waals surface area contributed by atoms with Crippen LogP contribution >= 0.6 is 0 Å². The van der Waals surface area contributed by atoms with E-state index in [1.807, 2.05) is 37.2 Å². The lowest BCUT2D eigenvalue weighted by Gasteiger charge is -2.23. The number of hydrogen-bond acceptors (Lipinski definition) is 3. The van der Waals surface area contributed by atoms with Crippen molar-refractivity contribution in [3.63, 3.8) is 0 Å². The largest absolute Gasteiger partial charge is 0.364 e. The lowest BCUT2D eigenvalue weighted by molar-refractivity contribution is 0.466. The molecular formula is C15H23N3. The Hall–Kier alpha value is -1.77. The van der Waals surface area contributed by atoms with Gasteiger partial charge >= 0.3 is 0 Å². The van der Waals surface area contributed by atoms with E-state index in [9.17, 15) is 0 Å². The summed E-state index contributed by atoms with van der Waals surface area (Å²) in [6.07, 6.45) is 0. The molecular weight excluding hydrogens is 222 g/mol. The first-order valence-corrected chi connectivity index (χ1v) is 6.08. The molecule has 0 aromatic heterocycles. The average Bonchev–Trinajstić information content (AvgIpc) is 2.28. The SMILES string of the molecule is C=C(N/N=C(/c1ccccc1)C(C)(C)C)N(C)C. The van der Waals surface area contributed by atoms with E-state index in [1.54, 1.807) is 0 Å². The van der Waals surface area contributed by atoms with Gasteiger partial charge in [0.25, 0.3) is 0 Å². The Morgan fingerprint density at radius 3 is 2.17 bits per heavy atom. The van der Waals surface area contributed by atoms with Gasteiger partial charge in [0.15, 0.2) is 0 Å². The molecule has 1 N–H and O–H groups in total. The van der Waals surface area contributed by atoms with Crippen LogP contribution < -0.4 is 5.43 Å². The molecule has 0 heterocycles. The zero-order valence-corrected chi connectivity index (χ0v) is 12.0. The fraction of sp³-hybridized carbons (Fsp3) is 0.400. The predicted molar refractivity (Wildman–Crippen MR) is 78.4 cm³/mol. The maximum absolute atomic E-state index is 4.51. The number of hydrazone groups is 1. The number of benzene rings is 1. The van der Waals surface area contributed by atoms with E-state index < -0.39 is 0 Å². The third kappa shape index (κ3) is 3.91. The van der Waals surface area contributed by atoms with Gasteiger partial charge in [0, 0.05) is 19.5 Å². The van der Waals surface area contributed by atoms with E-state index >= 15 is 0 Å². The zero-order chi connectivity index (χ0) is 13.8. The second-order valence-electron chi connectivity index (χ2n) is 5.53. The maximum atomic E-state index is 4.51. The van der Waals surface area contributed by atoms with Crippen molar-refractivity contribution in [3.8, 4) is 0 Å². The lowest BCUT2D eigenvalue weighted by atomic mass is 9.86. The molecule has 0 bridgehead atoms. The standard InChI is InChI=1S/C15H23N3/c1-12(18(5)6)16-17-14(15(2,3)4)13-10-8-7-9-11-13/h7-11,16H,1H2,2-6H3/b17-14-. The molecule has 0 unspecified atom stereocenters. The van der Waals surface area contributed by atoms with Crippen molar-refractivity contribution < 1.29 is 0 Å².